The zero-order chi connectivity index (χ0) is 13.0. The number of hydrogen-bond acceptors (Lipinski definition) is 4. The highest BCUT2D eigenvalue weighted by Crippen LogP contribution is 2.30. The van der Waals surface area contributed by atoms with E-state index in [-0.39, 0.29) is 11.6 Å². The summed E-state index contributed by atoms with van der Waals surface area (Å²) in [4.78, 5) is 4.14. The molecule has 1 aliphatic heterocycles. The molecule has 1 aromatic rings. The first-order valence-corrected chi connectivity index (χ1v) is 6.66. The molecule has 0 amide bonds. The largest absolute Gasteiger partial charge is 0.383 e. The number of ether oxygens (including phenoxy) is 1. The molecule has 0 radical (unpaired) electrons. The van der Waals surface area contributed by atoms with Gasteiger partial charge in [-0.25, -0.2) is 4.98 Å². The van der Waals surface area contributed by atoms with Gasteiger partial charge in [-0.1, -0.05) is 6.07 Å². The van der Waals surface area contributed by atoms with E-state index in [0.717, 1.165) is 25.0 Å². The Labute approximate surface area is 109 Å². The summed E-state index contributed by atoms with van der Waals surface area (Å²) in [5, 5.41) is 3.38. The van der Waals surface area contributed by atoms with Crippen molar-refractivity contribution in [3.8, 4) is 0 Å². The molecular formula is C14H23N3O. The predicted molar refractivity (Wildman–Crippen MR) is 73.4 cm³/mol. The first-order chi connectivity index (χ1) is 8.65. The third-order valence-corrected chi connectivity index (χ3v) is 3.94. The number of rotatable bonds is 4. The molecule has 18 heavy (non-hydrogen) atoms. The lowest BCUT2D eigenvalue weighted by molar-refractivity contribution is -0.0870. The SMILES string of the molecule is CNC(Cc1cccnc1N)C1(C)CCCCO1. The van der Waals surface area contributed by atoms with Crippen molar-refractivity contribution in [1.82, 2.24) is 10.3 Å². The van der Waals surface area contributed by atoms with Gasteiger partial charge >= 0.3 is 0 Å². The van der Waals surface area contributed by atoms with Crippen molar-refractivity contribution >= 4 is 5.82 Å². The highest BCUT2D eigenvalue weighted by molar-refractivity contribution is 5.39. The number of pyridine rings is 1. The Balaban J connectivity index is 2.11. The molecule has 0 aliphatic carbocycles. The van der Waals surface area contributed by atoms with Crippen LogP contribution in [0.5, 0.6) is 0 Å². The first-order valence-electron chi connectivity index (χ1n) is 6.66. The van der Waals surface area contributed by atoms with Gasteiger partial charge in [-0.15, -0.1) is 0 Å². The normalized spacial score (nSPS) is 25.9. The molecule has 3 N–H and O–H groups in total. The highest BCUT2D eigenvalue weighted by Gasteiger charge is 2.36. The number of anilines is 1. The molecule has 4 heteroatoms. The van der Waals surface area contributed by atoms with E-state index in [1.54, 1.807) is 6.20 Å². The highest BCUT2D eigenvalue weighted by atomic mass is 16.5. The lowest BCUT2D eigenvalue weighted by Crippen LogP contribution is -2.52. The summed E-state index contributed by atoms with van der Waals surface area (Å²) in [6, 6.07) is 4.24. The van der Waals surface area contributed by atoms with Crippen LogP contribution in [0.3, 0.4) is 0 Å². The third-order valence-electron chi connectivity index (χ3n) is 3.94. The van der Waals surface area contributed by atoms with Gasteiger partial charge in [-0.2, -0.15) is 0 Å². The van der Waals surface area contributed by atoms with Crippen LogP contribution in [0.1, 0.15) is 31.7 Å². The molecule has 0 bridgehead atoms. The van der Waals surface area contributed by atoms with Gasteiger partial charge in [0.15, 0.2) is 0 Å². The average Bonchev–Trinajstić information content (AvgIpc) is 2.38. The van der Waals surface area contributed by atoms with E-state index in [1.165, 1.54) is 12.8 Å². The van der Waals surface area contributed by atoms with Crippen molar-refractivity contribution in [3.05, 3.63) is 23.9 Å². The van der Waals surface area contributed by atoms with Crippen LogP contribution < -0.4 is 11.1 Å². The summed E-state index contributed by atoms with van der Waals surface area (Å²) in [6.07, 6.45) is 6.08. The number of likely N-dealkylation sites (N-methyl/N-ethyl adjacent to an activating group) is 1. The smallest absolute Gasteiger partial charge is 0.126 e. The lowest BCUT2D eigenvalue weighted by atomic mass is 9.85. The van der Waals surface area contributed by atoms with Crippen LogP contribution in [0, 0.1) is 0 Å². The second-order valence-corrected chi connectivity index (χ2v) is 5.21. The van der Waals surface area contributed by atoms with Gasteiger partial charge in [-0.3, -0.25) is 0 Å². The molecule has 2 heterocycles. The molecule has 0 spiro atoms. The number of nitrogen functional groups attached to an aromatic ring is 1. The van der Waals surface area contributed by atoms with E-state index in [4.69, 9.17) is 10.5 Å². The van der Waals surface area contributed by atoms with E-state index in [2.05, 4.69) is 17.2 Å². The second-order valence-electron chi connectivity index (χ2n) is 5.21. The standard InChI is InChI=1S/C14H23N3O/c1-14(7-3-4-9-18-14)12(16-2)10-11-6-5-8-17-13(11)15/h5-6,8,12,16H,3-4,7,9-10H2,1-2H3,(H2,15,17). The molecule has 1 fully saturated rings. The van der Waals surface area contributed by atoms with Crippen molar-refractivity contribution in [2.75, 3.05) is 19.4 Å². The Morgan fingerprint density at radius 3 is 3.00 bits per heavy atom. The van der Waals surface area contributed by atoms with E-state index in [0.29, 0.717) is 5.82 Å². The van der Waals surface area contributed by atoms with Gasteiger partial charge in [0.2, 0.25) is 0 Å². The predicted octanol–water partition coefficient (Wildman–Crippen LogP) is 1.75. The molecule has 1 aromatic heterocycles. The number of hydrogen-bond donors (Lipinski definition) is 2. The van der Waals surface area contributed by atoms with Gasteiger partial charge < -0.3 is 15.8 Å². The van der Waals surface area contributed by atoms with Crippen molar-refractivity contribution in [3.63, 3.8) is 0 Å². The zero-order valence-corrected chi connectivity index (χ0v) is 11.3. The van der Waals surface area contributed by atoms with Gasteiger partial charge in [-0.05, 0) is 51.3 Å². The number of nitrogens with zero attached hydrogens (tertiary/aromatic N) is 1. The molecule has 2 atom stereocenters. The van der Waals surface area contributed by atoms with Crippen LogP contribution >= 0.6 is 0 Å². The third kappa shape index (κ3) is 2.82. The fourth-order valence-electron chi connectivity index (χ4n) is 2.70. The van der Waals surface area contributed by atoms with Gasteiger partial charge in [0, 0.05) is 18.8 Å². The molecule has 0 saturated carbocycles. The van der Waals surface area contributed by atoms with Crippen molar-refractivity contribution in [2.45, 2.75) is 44.2 Å². The zero-order valence-electron chi connectivity index (χ0n) is 11.3. The summed E-state index contributed by atoms with van der Waals surface area (Å²) in [6.45, 7) is 3.05. The van der Waals surface area contributed by atoms with Crippen molar-refractivity contribution < 1.29 is 4.74 Å². The summed E-state index contributed by atoms with van der Waals surface area (Å²) in [7, 11) is 1.99. The number of nitrogens with one attached hydrogen (secondary N) is 1. The Morgan fingerprint density at radius 1 is 1.56 bits per heavy atom. The van der Waals surface area contributed by atoms with Crippen LogP contribution in [0.25, 0.3) is 0 Å². The summed E-state index contributed by atoms with van der Waals surface area (Å²) < 4.78 is 6.01. The lowest BCUT2D eigenvalue weighted by Gasteiger charge is -2.40. The monoisotopic (exact) mass is 249 g/mol. The molecule has 4 nitrogen and oxygen atoms in total. The molecule has 2 rings (SSSR count). The van der Waals surface area contributed by atoms with E-state index >= 15 is 0 Å². The van der Waals surface area contributed by atoms with Crippen LogP contribution in [-0.2, 0) is 11.2 Å². The number of nitrogens with two attached hydrogens (primary N) is 1. The summed E-state index contributed by atoms with van der Waals surface area (Å²) >= 11 is 0. The molecular weight excluding hydrogens is 226 g/mol. The molecule has 100 valence electrons. The fourth-order valence-corrected chi connectivity index (χ4v) is 2.70. The van der Waals surface area contributed by atoms with Gasteiger partial charge in [0.05, 0.1) is 5.60 Å². The maximum atomic E-state index is 6.01. The van der Waals surface area contributed by atoms with Crippen molar-refractivity contribution in [1.29, 1.82) is 0 Å². The van der Waals surface area contributed by atoms with Crippen LogP contribution in [-0.4, -0.2) is 30.3 Å². The van der Waals surface area contributed by atoms with Gasteiger partial charge in [0.1, 0.15) is 5.82 Å². The maximum absolute atomic E-state index is 6.01. The van der Waals surface area contributed by atoms with Crippen LogP contribution in [0.15, 0.2) is 18.3 Å². The average molecular weight is 249 g/mol. The molecule has 2 unspecified atom stereocenters. The Hall–Kier alpha value is -1.13. The molecule has 0 aromatic carbocycles. The Kier molecular flexibility index (Phi) is 4.19. The second kappa shape index (κ2) is 5.67. The Morgan fingerprint density at radius 2 is 2.39 bits per heavy atom. The van der Waals surface area contributed by atoms with E-state index < -0.39 is 0 Å². The fraction of sp³-hybridized carbons (Fsp3) is 0.643. The maximum Gasteiger partial charge on any atom is 0.126 e. The minimum absolute atomic E-state index is 0.102. The number of aromatic nitrogens is 1. The summed E-state index contributed by atoms with van der Waals surface area (Å²) in [5.41, 5.74) is 6.90. The minimum Gasteiger partial charge on any atom is -0.383 e. The minimum atomic E-state index is -0.102. The Bertz CT molecular complexity index is 388. The summed E-state index contributed by atoms with van der Waals surface area (Å²) in [5.74, 6) is 0.622. The van der Waals surface area contributed by atoms with E-state index in [9.17, 15) is 0 Å². The molecule has 1 saturated heterocycles. The van der Waals surface area contributed by atoms with Crippen LogP contribution in [0.4, 0.5) is 5.82 Å². The quantitative estimate of drug-likeness (QED) is 0.853. The molecule has 1 aliphatic rings. The van der Waals surface area contributed by atoms with E-state index in [1.807, 2.05) is 19.2 Å². The van der Waals surface area contributed by atoms with Crippen LogP contribution in [0.2, 0.25) is 0 Å². The van der Waals surface area contributed by atoms with Crippen molar-refractivity contribution in [2.24, 2.45) is 0 Å². The first kappa shape index (κ1) is 13.3. The topological polar surface area (TPSA) is 60.2 Å². The van der Waals surface area contributed by atoms with Gasteiger partial charge in [0.25, 0.3) is 0 Å².